The Bertz CT molecular complexity index is 395. The van der Waals surface area contributed by atoms with E-state index in [0.717, 1.165) is 0 Å². The fourth-order valence-corrected chi connectivity index (χ4v) is 1.90. The lowest BCUT2D eigenvalue weighted by molar-refractivity contribution is -0.169. The summed E-state index contributed by atoms with van der Waals surface area (Å²) in [5.41, 5.74) is -1.02. The van der Waals surface area contributed by atoms with Crippen LogP contribution in [0.3, 0.4) is 0 Å². The molecule has 0 aromatic carbocycles. The van der Waals surface area contributed by atoms with Crippen molar-refractivity contribution < 1.29 is 40.7 Å². The van der Waals surface area contributed by atoms with Gasteiger partial charge < -0.3 is 9.53 Å². The minimum atomic E-state index is -4.59. The molecule has 0 aliphatic heterocycles. The van der Waals surface area contributed by atoms with Gasteiger partial charge in [0, 0.05) is 18.8 Å². The number of alkyl halides is 6. The van der Waals surface area contributed by atoms with E-state index in [9.17, 15) is 35.9 Å². The summed E-state index contributed by atoms with van der Waals surface area (Å²) < 4.78 is 78.7. The molecule has 136 valence electrons. The molecule has 0 aromatic heterocycles. The molecule has 0 spiro atoms. The van der Waals surface area contributed by atoms with Gasteiger partial charge in [0.25, 0.3) is 0 Å². The van der Waals surface area contributed by atoms with Crippen LogP contribution in [0, 0.1) is 11.8 Å². The molecule has 0 aliphatic carbocycles. The summed E-state index contributed by atoms with van der Waals surface area (Å²) in [7, 11) is 0. The Balaban J connectivity index is 5.12. The van der Waals surface area contributed by atoms with Crippen molar-refractivity contribution in [2.45, 2.75) is 64.4 Å². The first kappa shape index (κ1) is 21.7. The Morgan fingerprint density at radius 1 is 0.957 bits per heavy atom. The SMILES string of the molecule is CC(C)(C)OC(=O)[C@H](CCC(F)(F)F)[C@H](C=O)CCC(F)(F)F. The van der Waals surface area contributed by atoms with Gasteiger partial charge in [-0.05, 0) is 33.6 Å². The highest BCUT2D eigenvalue weighted by Crippen LogP contribution is 2.32. The zero-order valence-electron chi connectivity index (χ0n) is 13.1. The molecule has 0 rings (SSSR count). The first-order chi connectivity index (χ1) is 10.1. The monoisotopic (exact) mass is 350 g/mol. The number of hydrogen-bond acceptors (Lipinski definition) is 3. The fourth-order valence-electron chi connectivity index (χ4n) is 1.90. The molecule has 0 saturated heterocycles. The van der Waals surface area contributed by atoms with Crippen LogP contribution in [0.1, 0.15) is 46.5 Å². The lowest BCUT2D eigenvalue weighted by atomic mass is 9.85. The maximum atomic E-state index is 12.3. The van der Waals surface area contributed by atoms with Gasteiger partial charge in [-0.15, -0.1) is 0 Å². The quantitative estimate of drug-likeness (QED) is 0.387. The third-order valence-corrected chi connectivity index (χ3v) is 2.90. The van der Waals surface area contributed by atoms with Crippen molar-refractivity contribution in [2.24, 2.45) is 11.8 Å². The third-order valence-electron chi connectivity index (χ3n) is 2.90. The van der Waals surface area contributed by atoms with Gasteiger partial charge in [0.2, 0.25) is 0 Å². The molecular formula is C14H20F6O3. The van der Waals surface area contributed by atoms with Crippen LogP contribution in [0.25, 0.3) is 0 Å². The number of hydrogen-bond donors (Lipinski definition) is 0. The van der Waals surface area contributed by atoms with E-state index >= 15 is 0 Å². The van der Waals surface area contributed by atoms with E-state index in [0.29, 0.717) is 0 Å². The lowest BCUT2D eigenvalue weighted by Gasteiger charge is -2.27. The second kappa shape index (κ2) is 8.01. The van der Waals surface area contributed by atoms with Gasteiger partial charge in [-0.2, -0.15) is 26.3 Å². The van der Waals surface area contributed by atoms with Crippen LogP contribution in [0.2, 0.25) is 0 Å². The molecule has 0 bridgehead atoms. The second-order valence-electron chi connectivity index (χ2n) is 6.25. The average molecular weight is 350 g/mol. The second-order valence-corrected chi connectivity index (χ2v) is 6.25. The molecule has 0 radical (unpaired) electrons. The van der Waals surface area contributed by atoms with Crippen LogP contribution in [0.4, 0.5) is 26.3 Å². The molecule has 23 heavy (non-hydrogen) atoms. The highest BCUT2D eigenvalue weighted by Gasteiger charge is 2.38. The molecule has 0 aliphatic rings. The molecular weight excluding hydrogens is 330 g/mol. The minimum Gasteiger partial charge on any atom is -0.460 e. The minimum absolute atomic E-state index is 0.0939. The molecule has 0 aromatic rings. The Labute approximate surface area is 130 Å². The zero-order valence-corrected chi connectivity index (χ0v) is 13.1. The van der Waals surface area contributed by atoms with Crippen LogP contribution in [-0.4, -0.2) is 30.2 Å². The van der Waals surface area contributed by atoms with Crippen LogP contribution >= 0.6 is 0 Å². The predicted octanol–water partition coefficient (Wildman–Crippen LogP) is 4.44. The van der Waals surface area contributed by atoms with Crippen molar-refractivity contribution >= 4 is 12.3 Å². The average Bonchev–Trinajstić information content (AvgIpc) is 2.28. The topological polar surface area (TPSA) is 43.4 Å². The highest BCUT2D eigenvalue weighted by atomic mass is 19.4. The van der Waals surface area contributed by atoms with Crippen molar-refractivity contribution in [2.75, 3.05) is 0 Å². The summed E-state index contributed by atoms with van der Waals surface area (Å²) in [6.07, 6.45) is -13.3. The standard InChI is InChI=1S/C14H20F6O3/c1-12(2,3)23-11(22)10(5-7-14(18,19)20)9(8-21)4-6-13(15,16)17/h8-10H,4-7H2,1-3H3/t9-,10+/m0/s1. The van der Waals surface area contributed by atoms with Gasteiger partial charge in [-0.1, -0.05) is 0 Å². The summed E-state index contributed by atoms with van der Waals surface area (Å²) in [6.45, 7) is 4.41. The number of halogens is 6. The number of aldehydes is 1. The van der Waals surface area contributed by atoms with Crippen molar-refractivity contribution in [3.05, 3.63) is 0 Å². The Morgan fingerprint density at radius 3 is 1.74 bits per heavy atom. The molecule has 0 fully saturated rings. The van der Waals surface area contributed by atoms with Crippen molar-refractivity contribution in [3.63, 3.8) is 0 Å². The predicted molar refractivity (Wildman–Crippen MR) is 69.5 cm³/mol. The summed E-state index contributed by atoms with van der Waals surface area (Å²) >= 11 is 0. The van der Waals surface area contributed by atoms with Gasteiger partial charge in [-0.3, -0.25) is 4.79 Å². The molecule has 0 heterocycles. The van der Waals surface area contributed by atoms with E-state index in [1.165, 1.54) is 20.8 Å². The summed E-state index contributed by atoms with van der Waals surface area (Å²) in [5, 5.41) is 0. The van der Waals surface area contributed by atoms with E-state index in [1.54, 1.807) is 0 Å². The van der Waals surface area contributed by atoms with Crippen LogP contribution in [0.15, 0.2) is 0 Å². The molecule has 9 heteroatoms. The zero-order chi connectivity index (χ0) is 18.5. The maximum absolute atomic E-state index is 12.3. The molecule has 0 unspecified atom stereocenters. The van der Waals surface area contributed by atoms with E-state index in [4.69, 9.17) is 4.74 Å². The Kier molecular flexibility index (Phi) is 7.56. The van der Waals surface area contributed by atoms with Gasteiger partial charge in [-0.25, -0.2) is 0 Å². The number of carbonyl (C=O) groups excluding carboxylic acids is 2. The normalized spacial score (nSPS) is 15.9. The number of ether oxygens (including phenoxy) is 1. The molecule has 0 saturated carbocycles. The van der Waals surface area contributed by atoms with E-state index in [1.807, 2.05) is 0 Å². The van der Waals surface area contributed by atoms with Crippen molar-refractivity contribution in [1.29, 1.82) is 0 Å². The Hall–Kier alpha value is -1.28. The number of rotatable bonds is 7. The van der Waals surface area contributed by atoms with Crippen LogP contribution in [-0.2, 0) is 14.3 Å². The van der Waals surface area contributed by atoms with Gasteiger partial charge in [0.1, 0.15) is 11.9 Å². The molecule has 0 N–H and O–H groups in total. The molecule has 3 nitrogen and oxygen atoms in total. The maximum Gasteiger partial charge on any atom is 0.389 e. The first-order valence-corrected chi connectivity index (χ1v) is 6.96. The van der Waals surface area contributed by atoms with E-state index in [-0.39, 0.29) is 6.29 Å². The van der Waals surface area contributed by atoms with Gasteiger partial charge >= 0.3 is 18.3 Å². The van der Waals surface area contributed by atoms with E-state index in [2.05, 4.69) is 0 Å². The van der Waals surface area contributed by atoms with Crippen LogP contribution < -0.4 is 0 Å². The van der Waals surface area contributed by atoms with E-state index < -0.39 is 61.4 Å². The van der Waals surface area contributed by atoms with Gasteiger partial charge in [0.15, 0.2) is 0 Å². The molecule has 0 amide bonds. The fraction of sp³-hybridized carbons (Fsp3) is 0.857. The largest absolute Gasteiger partial charge is 0.460 e. The first-order valence-electron chi connectivity index (χ1n) is 6.96. The lowest BCUT2D eigenvalue weighted by Crippen LogP contribution is -2.34. The smallest absolute Gasteiger partial charge is 0.389 e. The number of esters is 1. The number of carbonyl (C=O) groups is 2. The Morgan fingerprint density at radius 2 is 1.39 bits per heavy atom. The van der Waals surface area contributed by atoms with Crippen LogP contribution in [0.5, 0.6) is 0 Å². The summed E-state index contributed by atoms with van der Waals surface area (Å²) in [5.74, 6) is -4.13. The molecule has 2 atom stereocenters. The van der Waals surface area contributed by atoms with Crippen molar-refractivity contribution in [3.8, 4) is 0 Å². The van der Waals surface area contributed by atoms with Crippen molar-refractivity contribution in [1.82, 2.24) is 0 Å². The summed E-state index contributed by atoms with van der Waals surface area (Å²) in [4.78, 5) is 23.0. The highest BCUT2D eigenvalue weighted by molar-refractivity contribution is 5.77. The van der Waals surface area contributed by atoms with Gasteiger partial charge in [0.05, 0.1) is 5.92 Å². The third kappa shape index (κ3) is 11.0. The summed E-state index contributed by atoms with van der Waals surface area (Å²) in [6, 6.07) is 0.